The summed E-state index contributed by atoms with van der Waals surface area (Å²) in [4.78, 5) is 14.1. The third-order valence-electron chi connectivity index (χ3n) is 3.88. The molecule has 4 heteroatoms. The van der Waals surface area contributed by atoms with Crippen LogP contribution in [-0.2, 0) is 4.79 Å². The van der Waals surface area contributed by atoms with Crippen LogP contribution in [0.15, 0.2) is 30.3 Å². The normalized spacial score (nSPS) is 15.9. The van der Waals surface area contributed by atoms with Crippen molar-refractivity contribution >= 4 is 11.6 Å². The van der Waals surface area contributed by atoms with Crippen LogP contribution in [0, 0.1) is 5.41 Å². The molecule has 0 heterocycles. The van der Waals surface area contributed by atoms with Crippen LogP contribution < -0.4 is 16.0 Å². The fourth-order valence-corrected chi connectivity index (χ4v) is 2.19. The van der Waals surface area contributed by atoms with Gasteiger partial charge in [0.05, 0.1) is 5.41 Å². The van der Waals surface area contributed by atoms with Gasteiger partial charge in [-0.25, -0.2) is 0 Å². The second kappa shape index (κ2) is 6.06. The summed E-state index contributed by atoms with van der Waals surface area (Å²) in [6.45, 7) is 2.13. The SMILES string of the molecule is CN(CCCNC(=O)C1(CN)CC1)c1ccccc1. The van der Waals surface area contributed by atoms with E-state index < -0.39 is 0 Å². The van der Waals surface area contributed by atoms with E-state index in [4.69, 9.17) is 5.73 Å². The minimum absolute atomic E-state index is 0.136. The molecule has 1 saturated carbocycles. The molecule has 1 fully saturated rings. The van der Waals surface area contributed by atoms with E-state index in [1.807, 2.05) is 18.2 Å². The van der Waals surface area contributed by atoms with E-state index in [0.717, 1.165) is 32.4 Å². The van der Waals surface area contributed by atoms with Gasteiger partial charge in [-0.2, -0.15) is 0 Å². The van der Waals surface area contributed by atoms with Crippen LogP contribution in [-0.4, -0.2) is 32.6 Å². The summed E-state index contributed by atoms with van der Waals surface area (Å²) in [5.41, 5.74) is 6.60. The van der Waals surface area contributed by atoms with Crippen LogP contribution in [0.5, 0.6) is 0 Å². The molecule has 1 aromatic rings. The van der Waals surface area contributed by atoms with E-state index in [1.165, 1.54) is 5.69 Å². The second-order valence-electron chi connectivity index (χ2n) is 5.35. The van der Waals surface area contributed by atoms with Crippen LogP contribution in [0.25, 0.3) is 0 Å². The molecule has 0 bridgehead atoms. The number of nitrogens with one attached hydrogen (secondary N) is 1. The van der Waals surface area contributed by atoms with E-state index >= 15 is 0 Å². The van der Waals surface area contributed by atoms with E-state index in [2.05, 4.69) is 29.4 Å². The standard InChI is InChI=1S/C15H23N3O/c1-18(13-6-3-2-4-7-13)11-5-10-17-14(19)15(12-16)8-9-15/h2-4,6-7H,5,8-12,16H2,1H3,(H,17,19). The fraction of sp³-hybridized carbons (Fsp3) is 0.533. The average Bonchev–Trinajstić information content (AvgIpc) is 3.25. The number of carbonyl (C=O) groups excluding carboxylic acids is 1. The molecule has 0 saturated heterocycles. The van der Waals surface area contributed by atoms with Crippen LogP contribution in [0.1, 0.15) is 19.3 Å². The Morgan fingerprint density at radius 3 is 2.63 bits per heavy atom. The molecule has 3 N–H and O–H groups in total. The van der Waals surface area contributed by atoms with Crippen molar-refractivity contribution in [3.63, 3.8) is 0 Å². The van der Waals surface area contributed by atoms with Gasteiger partial charge >= 0.3 is 0 Å². The van der Waals surface area contributed by atoms with Crippen LogP contribution in [0.4, 0.5) is 5.69 Å². The Morgan fingerprint density at radius 2 is 2.05 bits per heavy atom. The number of rotatable bonds is 7. The molecule has 0 spiro atoms. The molecule has 1 aliphatic rings. The maximum Gasteiger partial charge on any atom is 0.227 e. The van der Waals surface area contributed by atoms with Gasteiger partial charge in [0, 0.05) is 32.4 Å². The molecule has 19 heavy (non-hydrogen) atoms. The van der Waals surface area contributed by atoms with Crippen molar-refractivity contribution in [1.29, 1.82) is 0 Å². The lowest BCUT2D eigenvalue weighted by Crippen LogP contribution is -2.37. The monoisotopic (exact) mass is 261 g/mol. The number of nitrogens with two attached hydrogens (primary N) is 1. The maximum absolute atomic E-state index is 11.9. The summed E-state index contributed by atoms with van der Waals surface area (Å²) in [5.74, 6) is 0.136. The molecule has 0 radical (unpaired) electrons. The quantitative estimate of drug-likeness (QED) is 0.729. The molecular formula is C15H23N3O. The molecule has 0 aliphatic heterocycles. The predicted octanol–water partition coefficient (Wildman–Crippen LogP) is 1.37. The summed E-state index contributed by atoms with van der Waals surface area (Å²) in [6, 6.07) is 10.3. The minimum Gasteiger partial charge on any atom is -0.375 e. The number of anilines is 1. The first-order valence-electron chi connectivity index (χ1n) is 6.92. The highest BCUT2D eigenvalue weighted by Crippen LogP contribution is 2.44. The first kappa shape index (κ1) is 13.9. The van der Waals surface area contributed by atoms with Crippen LogP contribution in [0.3, 0.4) is 0 Å². The van der Waals surface area contributed by atoms with E-state index in [1.54, 1.807) is 0 Å². The van der Waals surface area contributed by atoms with Crippen molar-refractivity contribution in [2.45, 2.75) is 19.3 Å². The van der Waals surface area contributed by atoms with E-state index in [9.17, 15) is 4.79 Å². The number of nitrogens with zero attached hydrogens (tertiary/aromatic N) is 1. The molecule has 1 amide bonds. The zero-order chi connectivity index (χ0) is 13.7. The molecule has 0 aromatic heterocycles. The Hall–Kier alpha value is -1.55. The third-order valence-corrected chi connectivity index (χ3v) is 3.88. The summed E-state index contributed by atoms with van der Waals surface area (Å²) < 4.78 is 0. The summed E-state index contributed by atoms with van der Waals surface area (Å²) in [6.07, 6.45) is 2.83. The molecule has 1 aliphatic carbocycles. The molecule has 0 atom stereocenters. The van der Waals surface area contributed by atoms with Gasteiger partial charge in [-0.1, -0.05) is 18.2 Å². The van der Waals surface area contributed by atoms with Gasteiger partial charge < -0.3 is 16.0 Å². The number of amides is 1. The molecular weight excluding hydrogens is 238 g/mol. The van der Waals surface area contributed by atoms with Gasteiger partial charge in [0.25, 0.3) is 0 Å². The number of carbonyl (C=O) groups is 1. The first-order chi connectivity index (χ1) is 9.18. The predicted molar refractivity (Wildman–Crippen MR) is 78.1 cm³/mol. The smallest absolute Gasteiger partial charge is 0.227 e. The molecule has 2 rings (SSSR count). The number of benzene rings is 1. The minimum atomic E-state index is -0.231. The Kier molecular flexibility index (Phi) is 4.43. The summed E-state index contributed by atoms with van der Waals surface area (Å²) in [7, 11) is 2.07. The lowest BCUT2D eigenvalue weighted by molar-refractivity contribution is -0.125. The molecule has 104 valence electrons. The number of para-hydroxylation sites is 1. The maximum atomic E-state index is 11.9. The van der Waals surface area contributed by atoms with Crippen LogP contribution >= 0.6 is 0 Å². The van der Waals surface area contributed by atoms with Crippen molar-refractivity contribution in [1.82, 2.24) is 5.32 Å². The molecule has 0 unspecified atom stereocenters. The Balaban J connectivity index is 1.66. The highest BCUT2D eigenvalue weighted by molar-refractivity contribution is 5.85. The summed E-state index contributed by atoms with van der Waals surface area (Å²) in [5, 5.41) is 3.00. The number of hydrogen-bond acceptors (Lipinski definition) is 3. The average molecular weight is 261 g/mol. The fourth-order valence-electron chi connectivity index (χ4n) is 2.19. The summed E-state index contributed by atoms with van der Waals surface area (Å²) >= 11 is 0. The van der Waals surface area contributed by atoms with Gasteiger partial charge in [-0.3, -0.25) is 4.79 Å². The Morgan fingerprint density at radius 1 is 1.37 bits per heavy atom. The van der Waals surface area contributed by atoms with Crippen molar-refractivity contribution in [2.75, 3.05) is 31.6 Å². The topological polar surface area (TPSA) is 58.4 Å². The zero-order valence-electron chi connectivity index (χ0n) is 11.6. The molecule has 1 aromatic carbocycles. The van der Waals surface area contributed by atoms with Crippen LogP contribution in [0.2, 0.25) is 0 Å². The third kappa shape index (κ3) is 3.47. The number of hydrogen-bond donors (Lipinski definition) is 2. The lowest BCUT2D eigenvalue weighted by atomic mass is 10.1. The molecule has 4 nitrogen and oxygen atoms in total. The highest BCUT2D eigenvalue weighted by atomic mass is 16.2. The van der Waals surface area contributed by atoms with Gasteiger partial charge in [0.2, 0.25) is 5.91 Å². The Bertz CT molecular complexity index is 415. The Labute approximate surface area is 115 Å². The van der Waals surface area contributed by atoms with E-state index in [-0.39, 0.29) is 11.3 Å². The van der Waals surface area contributed by atoms with Gasteiger partial charge in [0.1, 0.15) is 0 Å². The lowest BCUT2D eigenvalue weighted by Gasteiger charge is -2.19. The van der Waals surface area contributed by atoms with Crippen molar-refractivity contribution in [3.8, 4) is 0 Å². The van der Waals surface area contributed by atoms with E-state index in [0.29, 0.717) is 6.54 Å². The van der Waals surface area contributed by atoms with Gasteiger partial charge in [-0.15, -0.1) is 0 Å². The van der Waals surface area contributed by atoms with Crippen molar-refractivity contribution in [3.05, 3.63) is 30.3 Å². The highest BCUT2D eigenvalue weighted by Gasteiger charge is 2.48. The largest absolute Gasteiger partial charge is 0.375 e. The van der Waals surface area contributed by atoms with Crippen molar-refractivity contribution in [2.24, 2.45) is 11.1 Å². The van der Waals surface area contributed by atoms with Crippen molar-refractivity contribution < 1.29 is 4.79 Å². The van der Waals surface area contributed by atoms with Gasteiger partial charge in [-0.05, 0) is 31.4 Å². The second-order valence-corrected chi connectivity index (χ2v) is 5.35. The van der Waals surface area contributed by atoms with Gasteiger partial charge in [0.15, 0.2) is 0 Å². The zero-order valence-corrected chi connectivity index (χ0v) is 11.6. The first-order valence-corrected chi connectivity index (χ1v) is 6.92.